The van der Waals surface area contributed by atoms with Crippen LogP contribution in [0.25, 0.3) is 0 Å². The predicted molar refractivity (Wildman–Crippen MR) is 62.4 cm³/mol. The third-order valence-corrected chi connectivity index (χ3v) is 3.78. The van der Waals surface area contributed by atoms with Crippen molar-refractivity contribution in [2.75, 3.05) is 5.75 Å². The Morgan fingerprint density at radius 2 is 2.27 bits per heavy atom. The quantitative estimate of drug-likeness (QED) is 0.779. The van der Waals surface area contributed by atoms with Crippen LogP contribution in [-0.2, 0) is 0 Å². The Kier molecular flexibility index (Phi) is 3.65. The van der Waals surface area contributed by atoms with E-state index in [-0.39, 0.29) is 11.9 Å². The molecule has 1 aliphatic carbocycles. The summed E-state index contributed by atoms with van der Waals surface area (Å²) in [5.74, 6) is 1.59. The fraction of sp³-hybridized carbons (Fsp3) is 0.500. The van der Waals surface area contributed by atoms with Crippen LogP contribution in [0.1, 0.15) is 19.3 Å². The van der Waals surface area contributed by atoms with Gasteiger partial charge in [0.15, 0.2) is 0 Å². The van der Waals surface area contributed by atoms with Gasteiger partial charge >= 0.3 is 0 Å². The molecule has 0 radical (unpaired) electrons. The maximum Gasteiger partial charge on any atom is 0.124 e. The van der Waals surface area contributed by atoms with E-state index in [4.69, 9.17) is 5.73 Å². The molecular formula is C12H16FNS. The van der Waals surface area contributed by atoms with Crippen LogP contribution in [-0.4, -0.2) is 11.8 Å². The number of rotatable bonds is 5. The summed E-state index contributed by atoms with van der Waals surface area (Å²) in [6, 6.07) is 6.95. The Bertz CT molecular complexity index is 325. The molecule has 1 aromatic carbocycles. The first-order valence-electron chi connectivity index (χ1n) is 5.38. The highest BCUT2D eigenvalue weighted by molar-refractivity contribution is 7.99. The highest BCUT2D eigenvalue weighted by atomic mass is 32.2. The summed E-state index contributed by atoms with van der Waals surface area (Å²) in [5.41, 5.74) is 5.99. The van der Waals surface area contributed by atoms with Gasteiger partial charge in [0.25, 0.3) is 0 Å². The van der Waals surface area contributed by atoms with Crippen LogP contribution in [0.3, 0.4) is 0 Å². The first-order valence-corrected chi connectivity index (χ1v) is 6.36. The van der Waals surface area contributed by atoms with Crippen LogP contribution in [0.15, 0.2) is 29.2 Å². The van der Waals surface area contributed by atoms with Crippen molar-refractivity contribution in [3.63, 3.8) is 0 Å². The molecule has 1 saturated carbocycles. The van der Waals surface area contributed by atoms with Crippen LogP contribution >= 0.6 is 11.8 Å². The van der Waals surface area contributed by atoms with Gasteiger partial charge in [-0.25, -0.2) is 4.39 Å². The summed E-state index contributed by atoms with van der Waals surface area (Å²) in [5, 5.41) is 0. The lowest BCUT2D eigenvalue weighted by molar-refractivity contribution is 0.616. The van der Waals surface area contributed by atoms with Gasteiger partial charge in [0.05, 0.1) is 0 Å². The van der Waals surface area contributed by atoms with Crippen molar-refractivity contribution in [3.8, 4) is 0 Å². The molecule has 1 nitrogen and oxygen atoms in total. The molecule has 0 heterocycles. The van der Waals surface area contributed by atoms with Crippen LogP contribution in [0.5, 0.6) is 0 Å². The molecule has 0 amide bonds. The largest absolute Gasteiger partial charge is 0.327 e. The van der Waals surface area contributed by atoms with Crippen molar-refractivity contribution in [3.05, 3.63) is 30.1 Å². The minimum absolute atomic E-state index is 0.171. The standard InChI is InChI=1S/C12H16FNS/c13-10-2-1-3-12(7-10)15-8-11(14)6-9-4-5-9/h1-3,7,9,11H,4-6,8,14H2. The molecule has 2 N–H and O–H groups in total. The van der Waals surface area contributed by atoms with E-state index in [2.05, 4.69) is 0 Å². The van der Waals surface area contributed by atoms with E-state index in [1.165, 1.54) is 18.9 Å². The average Bonchev–Trinajstić information content (AvgIpc) is 2.99. The topological polar surface area (TPSA) is 26.0 Å². The number of hydrogen-bond acceptors (Lipinski definition) is 2. The lowest BCUT2D eigenvalue weighted by Gasteiger charge is -2.10. The highest BCUT2D eigenvalue weighted by Crippen LogP contribution is 2.34. The van der Waals surface area contributed by atoms with Gasteiger partial charge in [-0.2, -0.15) is 0 Å². The van der Waals surface area contributed by atoms with Gasteiger partial charge in [0, 0.05) is 16.7 Å². The zero-order chi connectivity index (χ0) is 10.7. The molecule has 1 atom stereocenters. The SMILES string of the molecule is NC(CSc1cccc(F)c1)CC1CC1. The molecule has 15 heavy (non-hydrogen) atoms. The Labute approximate surface area is 94.2 Å². The van der Waals surface area contributed by atoms with Gasteiger partial charge in [0.1, 0.15) is 5.82 Å². The first kappa shape index (κ1) is 11.0. The fourth-order valence-electron chi connectivity index (χ4n) is 1.61. The maximum absolute atomic E-state index is 12.9. The van der Waals surface area contributed by atoms with Crippen LogP contribution < -0.4 is 5.73 Å². The van der Waals surface area contributed by atoms with Crippen LogP contribution in [0.2, 0.25) is 0 Å². The monoisotopic (exact) mass is 225 g/mol. The summed E-state index contributed by atoms with van der Waals surface area (Å²) in [6.45, 7) is 0. The van der Waals surface area contributed by atoms with Gasteiger partial charge in [-0.1, -0.05) is 18.9 Å². The molecule has 3 heteroatoms. The van der Waals surface area contributed by atoms with Crippen LogP contribution in [0.4, 0.5) is 4.39 Å². The third kappa shape index (κ3) is 3.84. The van der Waals surface area contributed by atoms with E-state index in [9.17, 15) is 4.39 Å². The second-order valence-corrected chi connectivity index (χ2v) is 5.30. The summed E-state index contributed by atoms with van der Waals surface area (Å²) in [4.78, 5) is 0.973. The zero-order valence-corrected chi connectivity index (χ0v) is 9.47. The minimum atomic E-state index is -0.171. The normalized spacial score (nSPS) is 17.7. The summed E-state index contributed by atoms with van der Waals surface area (Å²) in [7, 11) is 0. The summed E-state index contributed by atoms with van der Waals surface area (Å²) < 4.78 is 12.9. The molecule has 1 fully saturated rings. The van der Waals surface area contributed by atoms with Gasteiger partial charge in [0.2, 0.25) is 0 Å². The van der Waals surface area contributed by atoms with Crippen molar-refractivity contribution in [2.45, 2.75) is 30.2 Å². The number of benzene rings is 1. The molecule has 0 aliphatic heterocycles. The zero-order valence-electron chi connectivity index (χ0n) is 8.66. The first-order chi connectivity index (χ1) is 7.24. The van der Waals surface area contributed by atoms with Crippen molar-refractivity contribution in [2.24, 2.45) is 11.7 Å². The number of halogens is 1. The lowest BCUT2D eigenvalue weighted by atomic mass is 10.2. The highest BCUT2D eigenvalue weighted by Gasteiger charge is 2.23. The Morgan fingerprint density at radius 3 is 2.93 bits per heavy atom. The Hall–Kier alpha value is -0.540. The Balaban J connectivity index is 1.76. The van der Waals surface area contributed by atoms with E-state index >= 15 is 0 Å². The van der Waals surface area contributed by atoms with E-state index in [1.807, 2.05) is 6.07 Å². The molecule has 0 aromatic heterocycles. The molecule has 1 aliphatic rings. The van der Waals surface area contributed by atoms with E-state index in [0.29, 0.717) is 0 Å². The van der Waals surface area contributed by atoms with Crippen molar-refractivity contribution < 1.29 is 4.39 Å². The van der Waals surface area contributed by atoms with Gasteiger partial charge in [-0.3, -0.25) is 0 Å². The molecule has 0 bridgehead atoms. The molecule has 0 saturated heterocycles. The number of thioether (sulfide) groups is 1. The van der Waals surface area contributed by atoms with Gasteiger partial charge in [-0.15, -0.1) is 11.8 Å². The molecule has 1 aromatic rings. The van der Waals surface area contributed by atoms with Gasteiger partial charge < -0.3 is 5.73 Å². The second kappa shape index (κ2) is 4.99. The van der Waals surface area contributed by atoms with Crippen molar-refractivity contribution in [1.82, 2.24) is 0 Å². The van der Waals surface area contributed by atoms with E-state index < -0.39 is 0 Å². The van der Waals surface area contributed by atoms with Crippen molar-refractivity contribution in [1.29, 1.82) is 0 Å². The second-order valence-electron chi connectivity index (χ2n) is 4.21. The molecule has 82 valence electrons. The minimum Gasteiger partial charge on any atom is -0.327 e. The molecule has 0 spiro atoms. The molecule has 2 rings (SSSR count). The average molecular weight is 225 g/mol. The maximum atomic E-state index is 12.9. The lowest BCUT2D eigenvalue weighted by Crippen LogP contribution is -2.23. The van der Waals surface area contributed by atoms with Crippen LogP contribution in [0, 0.1) is 11.7 Å². The summed E-state index contributed by atoms with van der Waals surface area (Å²) >= 11 is 1.65. The fourth-order valence-corrected chi connectivity index (χ4v) is 2.52. The van der Waals surface area contributed by atoms with E-state index in [1.54, 1.807) is 23.9 Å². The predicted octanol–water partition coefficient (Wildman–Crippen LogP) is 3.05. The molecular weight excluding hydrogens is 209 g/mol. The third-order valence-electron chi connectivity index (χ3n) is 2.59. The number of nitrogens with two attached hydrogens (primary N) is 1. The van der Waals surface area contributed by atoms with E-state index in [0.717, 1.165) is 23.0 Å². The summed E-state index contributed by atoms with van der Waals surface area (Å²) in [6.07, 6.45) is 3.82. The number of hydrogen-bond donors (Lipinski definition) is 1. The smallest absolute Gasteiger partial charge is 0.124 e. The molecule has 1 unspecified atom stereocenters. The van der Waals surface area contributed by atoms with Crippen molar-refractivity contribution >= 4 is 11.8 Å². The van der Waals surface area contributed by atoms with Gasteiger partial charge in [-0.05, 0) is 30.5 Å². The Morgan fingerprint density at radius 1 is 1.47 bits per heavy atom.